The van der Waals surface area contributed by atoms with Crippen LogP contribution in [0, 0.1) is 0 Å². The molecule has 24 heavy (non-hydrogen) atoms. The van der Waals surface area contributed by atoms with Gasteiger partial charge in [-0.1, -0.05) is 12.1 Å². The fourth-order valence-electron chi connectivity index (χ4n) is 2.02. The predicted octanol–water partition coefficient (Wildman–Crippen LogP) is 1.72. The summed E-state index contributed by atoms with van der Waals surface area (Å²) in [6.07, 6.45) is 0.962. The molecule has 0 spiro atoms. The topological polar surface area (TPSA) is 58.1 Å². The highest BCUT2D eigenvalue weighted by Gasteiger charge is 2.01. The van der Waals surface area contributed by atoms with Gasteiger partial charge in [0.25, 0.3) is 0 Å². The van der Waals surface area contributed by atoms with Gasteiger partial charge < -0.3 is 25.0 Å². The number of nitrogens with zero attached hydrogens (tertiary/aromatic N) is 2. The van der Waals surface area contributed by atoms with Crippen LogP contribution >= 0.6 is 0 Å². The van der Waals surface area contributed by atoms with Crippen molar-refractivity contribution in [3.05, 3.63) is 29.8 Å². The van der Waals surface area contributed by atoms with E-state index in [1.54, 1.807) is 7.05 Å². The minimum absolute atomic E-state index is 0.687. The Bertz CT molecular complexity index is 478. The summed E-state index contributed by atoms with van der Waals surface area (Å²) in [5, 5.41) is 6.59. The number of hydrogen-bond acceptors (Lipinski definition) is 4. The van der Waals surface area contributed by atoms with Gasteiger partial charge in [0.05, 0.1) is 0 Å². The van der Waals surface area contributed by atoms with Crippen LogP contribution in [0.4, 0.5) is 0 Å². The molecular weight excluding hydrogens is 304 g/mol. The maximum Gasteiger partial charge on any atom is 0.191 e. The highest BCUT2D eigenvalue weighted by atomic mass is 16.5. The first kappa shape index (κ1) is 20.3. The number of guanidine groups is 1. The zero-order chi connectivity index (χ0) is 17.6. The van der Waals surface area contributed by atoms with E-state index in [0.29, 0.717) is 13.2 Å². The minimum atomic E-state index is 0.687. The number of likely N-dealkylation sites (N-methyl/N-ethyl adjacent to an activating group) is 1. The van der Waals surface area contributed by atoms with Crippen LogP contribution in [-0.4, -0.2) is 64.9 Å². The second kappa shape index (κ2) is 12.6. The molecule has 1 rings (SSSR count). The Kier molecular flexibility index (Phi) is 10.6. The molecule has 1 aromatic carbocycles. The highest BCUT2D eigenvalue weighted by Crippen LogP contribution is 2.13. The van der Waals surface area contributed by atoms with Crippen LogP contribution in [0.2, 0.25) is 0 Å². The van der Waals surface area contributed by atoms with Gasteiger partial charge in [-0.2, -0.15) is 0 Å². The molecule has 6 heteroatoms. The molecule has 0 fully saturated rings. The Morgan fingerprint density at radius 2 is 2.04 bits per heavy atom. The van der Waals surface area contributed by atoms with Crippen molar-refractivity contribution in [1.82, 2.24) is 15.5 Å². The average Bonchev–Trinajstić information content (AvgIpc) is 2.57. The zero-order valence-corrected chi connectivity index (χ0v) is 15.5. The third-order valence-electron chi connectivity index (χ3n) is 3.35. The van der Waals surface area contributed by atoms with Crippen LogP contribution in [0.25, 0.3) is 0 Å². The SMILES string of the molecule is CCOCCCNC(=NC)NCc1cccc(OCCN(C)C)c1. The van der Waals surface area contributed by atoms with Crippen molar-refractivity contribution < 1.29 is 9.47 Å². The van der Waals surface area contributed by atoms with E-state index >= 15 is 0 Å². The Morgan fingerprint density at radius 3 is 2.75 bits per heavy atom. The first-order chi connectivity index (χ1) is 11.7. The smallest absolute Gasteiger partial charge is 0.191 e. The van der Waals surface area contributed by atoms with E-state index in [-0.39, 0.29) is 0 Å². The van der Waals surface area contributed by atoms with Crippen molar-refractivity contribution in [2.75, 3.05) is 54.1 Å². The molecule has 2 N–H and O–H groups in total. The second-order valence-corrected chi connectivity index (χ2v) is 5.70. The largest absolute Gasteiger partial charge is 0.492 e. The lowest BCUT2D eigenvalue weighted by Crippen LogP contribution is -2.37. The van der Waals surface area contributed by atoms with E-state index in [9.17, 15) is 0 Å². The summed E-state index contributed by atoms with van der Waals surface area (Å²) in [4.78, 5) is 6.33. The molecule has 0 aromatic heterocycles. The molecule has 0 heterocycles. The van der Waals surface area contributed by atoms with E-state index in [1.807, 2.05) is 33.2 Å². The summed E-state index contributed by atoms with van der Waals surface area (Å²) >= 11 is 0. The van der Waals surface area contributed by atoms with Crippen LogP contribution < -0.4 is 15.4 Å². The Morgan fingerprint density at radius 1 is 1.21 bits per heavy atom. The van der Waals surface area contributed by atoms with Gasteiger partial charge in [-0.15, -0.1) is 0 Å². The lowest BCUT2D eigenvalue weighted by Gasteiger charge is -2.13. The molecule has 0 radical (unpaired) electrons. The van der Waals surface area contributed by atoms with Crippen LogP contribution in [0.15, 0.2) is 29.3 Å². The van der Waals surface area contributed by atoms with Crippen molar-refractivity contribution in [3.8, 4) is 5.75 Å². The monoisotopic (exact) mass is 336 g/mol. The van der Waals surface area contributed by atoms with E-state index in [1.165, 1.54) is 0 Å². The van der Waals surface area contributed by atoms with E-state index in [2.05, 4.69) is 32.7 Å². The van der Waals surface area contributed by atoms with Gasteiger partial charge >= 0.3 is 0 Å². The Labute approximate surface area is 146 Å². The van der Waals surface area contributed by atoms with Gasteiger partial charge in [0, 0.05) is 39.9 Å². The minimum Gasteiger partial charge on any atom is -0.492 e. The zero-order valence-electron chi connectivity index (χ0n) is 15.5. The predicted molar refractivity (Wildman–Crippen MR) is 99.8 cm³/mol. The molecule has 0 saturated heterocycles. The summed E-state index contributed by atoms with van der Waals surface area (Å²) in [5.41, 5.74) is 1.16. The molecular formula is C18H32N4O2. The third-order valence-corrected chi connectivity index (χ3v) is 3.35. The average molecular weight is 336 g/mol. The molecule has 0 atom stereocenters. The molecule has 136 valence electrons. The lowest BCUT2D eigenvalue weighted by molar-refractivity contribution is 0.145. The molecule has 0 aliphatic carbocycles. The van der Waals surface area contributed by atoms with Gasteiger partial charge in [0.2, 0.25) is 0 Å². The quantitative estimate of drug-likeness (QED) is 0.366. The third kappa shape index (κ3) is 9.37. The van der Waals surface area contributed by atoms with Crippen molar-refractivity contribution in [3.63, 3.8) is 0 Å². The number of ether oxygens (including phenoxy) is 2. The van der Waals surface area contributed by atoms with E-state index in [4.69, 9.17) is 9.47 Å². The van der Waals surface area contributed by atoms with Crippen LogP contribution in [-0.2, 0) is 11.3 Å². The standard InChI is InChI=1S/C18H32N4O2/c1-5-23-12-7-10-20-18(19-2)21-15-16-8-6-9-17(14-16)24-13-11-22(3)4/h6,8-9,14H,5,7,10-13,15H2,1-4H3,(H2,19,20,21). The molecule has 0 bridgehead atoms. The number of hydrogen-bond donors (Lipinski definition) is 2. The Hall–Kier alpha value is -1.79. The van der Waals surface area contributed by atoms with Crippen LogP contribution in [0.1, 0.15) is 18.9 Å². The molecule has 0 saturated carbocycles. The Balaban J connectivity index is 2.34. The van der Waals surface area contributed by atoms with Gasteiger partial charge in [-0.3, -0.25) is 4.99 Å². The summed E-state index contributed by atoms with van der Waals surface area (Å²) in [5.74, 6) is 1.70. The maximum absolute atomic E-state index is 5.76. The number of nitrogens with one attached hydrogen (secondary N) is 2. The van der Waals surface area contributed by atoms with Gasteiger partial charge in [-0.05, 0) is 45.1 Å². The fourth-order valence-corrected chi connectivity index (χ4v) is 2.02. The summed E-state index contributed by atoms with van der Waals surface area (Å²) in [6.45, 7) is 6.68. The number of rotatable bonds is 11. The second-order valence-electron chi connectivity index (χ2n) is 5.70. The number of aliphatic imine (C=N–C) groups is 1. The van der Waals surface area contributed by atoms with E-state index < -0.39 is 0 Å². The first-order valence-electron chi connectivity index (χ1n) is 8.54. The summed E-state index contributed by atoms with van der Waals surface area (Å²) < 4.78 is 11.1. The van der Waals surface area contributed by atoms with Crippen molar-refractivity contribution in [1.29, 1.82) is 0 Å². The van der Waals surface area contributed by atoms with Crippen LogP contribution in [0.5, 0.6) is 5.75 Å². The summed E-state index contributed by atoms with van der Waals surface area (Å²) in [6, 6.07) is 8.14. The lowest BCUT2D eigenvalue weighted by atomic mass is 10.2. The molecule has 1 aromatic rings. The molecule has 0 aliphatic heterocycles. The molecule has 0 aliphatic rings. The van der Waals surface area contributed by atoms with Crippen molar-refractivity contribution >= 4 is 5.96 Å². The van der Waals surface area contributed by atoms with E-state index in [0.717, 1.165) is 50.0 Å². The molecule has 0 amide bonds. The van der Waals surface area contributed by atoms with Gasteiger partial charge in [0.1, 0.15) is 12.4 Å². The van der Waals surface area contributed by atoms with Crippen molar-refractivity contribution in [2.45, 2.75) is 19.9 Å². The molecule has 6 nitrogen and oxygen atoms in total. The maximum atomic E-state index is 5.76. The normalized spacial score (nSPS) is 11.6. The van der Waals surface area contributed by atoms with Gasteiger partial charge in [-0.25, -0.2) is 0 Å². The van der Waals surface area contributed by atoms with Crippen molar-refractivity contribution in [2.24, 2.45) is 4.99 Å². The summed E-state index contributed by atoms with van der Waals surface area (Å²) in [7, 11) is 5.85. The van der Waals surface area contributed by atoms with Gasteiger partial charge in [0.15, 0.2) is 5.96 Å². The highest BCUT2D eigenvalue weighted by molar-refractivity contribution is 5.79. The first-order valence-corrected chi connectivity index (χ1v) is 8.54. The molecule has 0 unspecified atom stereocenters. The number of benzene rings is 1. The fraction of sp³-hybridized carbons (Fsp3) is 0.611. The van der Waals surface area contributed by atoms with Crippen LogP contribution in [0.3, 0.4) is 0 Å².